The lowest BCUT2D eigenvalue weighted by Crippen LogP contribution is -2.47. The van der Waals surface area contributed by atoms with Gasteiger partial charge in [-0.3, -0.25) is 4.79 Å². The van der Waals surface area contributed by atoms with Crippen LogP contribution in [-0.2, 0) is 15.1 Å². The van der Waals surface area contributed by atoms with Crippen molar-refractivity contribution in [1.29, 1.82) is 0 Å². The molecule has 1 saturated carbocycles. The van der Waals surface area contributed by atoms with Gasteiger partial charge in [0.25, 0.3) is 0 Å². The monoisotopic (exact) mass is 317 g/mol. The highest BCUT2D eigenvalue weighted by molar-refractivity contribution is 5.79. The standard InChI is InChI=1S/C19H27NO3/c1-14-17(8-5-13-23-14)18(21)20-16-9-11-19(22,12-10-16)15-6-3-2-4-7-15/h2-4,6-7,14,16-17,22H,5,8-13H2,1H3,(H,20,21). The zero-order valence-electron chi connectivity index (χ0n) is 13.8. The lowest BCUT2D eigenvalue weighted by Gasteiger charge is -2.37. The first kappa shape index (κ1) is 16.5. The summed E-state index contributed by atoms with van der Waals surface area (Å²) in [5, 5.41) is 14.0. The van der Waals surface area contributed by atoms with Gasteiger partial charge in [-0.05, 0) is 51.0 Å². The quantitative estimate of drug-likeness (QED) is 0.901. The minimum atomic E-state index is -0.746. The van der Waals surface area contributed by atoms with Crippen molar-refractivity contribution in [2.45, 2.75) is 63.2 Å². The van der Waals surface area contributed by atoms with E-state index < -0.39 is 5.60 Å². The summed E-state index contributed by atoms with van der Waals surface area (Å²) in [5.74, 6) is 0.0889. The number of hydrogen-bond acceptors (Lipinski definition) is 3. The van der Waals surface area contributed by atoms with E-state index >= 15 is 0 Å². The maximum Gasteiger partial charge on any atom is 0.225 e. The number of carbonyl (C=O) groups excluding carboxylic acids is 1. The fourth-order valence-corrected chi connectivity index (χ4v) is 3.85. The van der Waals surface area contributed by atoms with Crippen LogP contribution in [0.25, 0.3) is 0 Å². The largest absolute Gasteiger partial charge is 0.385 e. The van der Waals surface area contributed by atoms with E-state index in [-0.39, 0.29) is 24.0 Å². The van der Waals surface area contributed by atoms with E-state index in [1.807, 2.05) is 37.3 Å². The van der Waals surface area contributed by atoms with Gasteiger partial charge in [-0.1, -0.05) is 30.3 Å². The van der Waals surface area contributed by atoms with Gasteiger partial charge in [0.15, 0.2) is 0 Å². The second-order valence-corrected chi connectivity index (χ2v) is 7.01. The van der Waals surface area contributed by atoms with Crippen LogP contribution >= 0.6 is 0 Å². The van der Waals surface area contributed by atoms with Crippen molar-refractivity contribution in [1.82, 2.24) is 5.32 Å². The van der Waals surface area contributed by atoms with Crippen LogP contribution in [0.2, 0.25) is 0 Å². The topological polar surface area (TPSA) is 58.6 Å². The third-order valence-electron chi connectivity index (χ3n) is 5.41. The molecule has 0 radical (unpaired) electrons. The van der Waals surface area contributed by atoms with Gasteiger partial charge in [-0.25, -0.2) is 0 Å². The average molecular weight is 317 g/mol. The van der Waals surface area contributed by atoms with Crippen LogP contribution in [0.15, 0.2) is 30.3 Å². The Kier molecular flexibility index (Phi) is 5.02. The molecule has 2 N–H and O–H groups in total. The minimum absolute atomic E-state index is 0.00796. The third-order valence-corrected chi connectivity index (χ3v) is 5.41. The highest BCUT2D eigenvalue weighted by Gasteiger charge is 2.36. The first-order chi connectivity index (χ1) is 11.1. The maximum atomic E-state index is 12.5. The summed E-state index contributed by atoms with van der Waals surface area (Å²) in [7, 11) is 0. The first-order valence-corrected chi connectivity index (χ1v) is 8.78. The van der Waals surface area contributed by atoms with E-state index in [1.54, 1.807) is 0 Å². The number of benzene rings is 1. The van der Waals surface area contributed by atoms with Crippen LogP contribution < -0.4 is 5.32 Å². The molecule has 2 unspecified atom stereocenters. The second kappa shape index (κ2) is 7.02. The summed E-state index contributed by atoms with van der Waals surface area (Å²) in [6, 6.07) is 10.0. The zero-order valence-corrected chi connectivity index (χ0v) is 13.8. The van der Waals surface area contributed by atoms with Gasteiger partial charge in [0.1, 0.15) is 0 Å². The summed E-state index contributed by atoms with van der Waals surface area (Å²) >= 11 is 0. The number of amides is 1. The van der Waals surface area contributed by atoms with Crippen LogP contribution in [-0.4, -0.2) is 29.8 Å². The Balaban J connectivity index is 1.54. The summed E-state index contributed by atoms with van der Waals surface area (Å²) in [5.41, 5.74) is 0.239. The molecule has 1 amide bonds. The van der Waals surface area contributed by atoms with E-state index in [4.69, 9.17) is 4.74 Å². The van der Waals surface area contributed by atoms with Crippen molar-refractivity contribution in [3.63, 3.8) is 0 Å². The van der Waals surface area contributed by atoms with Crippen LogP contribution in [0.1, 0.15) is 51.0 Å². The summed E-state index contributed by atoms with van der Waals surface area (Å²) in [4.78, 5) is 12.5. The Morgan fingerprint density at radius 1 is 1.22 bits per heavy atom. The number of ether oxygens (including phenoxy) is 1. The normalized spacial score (nSPS) is 34.8. The van der Waals surface area contributed by atoms with E-state index in [1.165, 1.54) is 0 Å². The molecule has 1 aliphatic heterocycles. The van der Waals surface area contributed by atoms with Crippen molar-refractivity contribution in [3.05, 3.63) is 35.9 Å². The highest BCUT2D eigenvalue weighted by Crippen LogP contribution is 2.37. The number of carbonyl (C=O) groups is 1. The molecule has 0 bridgehead atoms. The molecule has 1 aromatic carbocycles. The van der Waals surface area contributed by atoms with Crippen molar-refractivity contribution in [2.75, 3.05) is 6.61 Å². The molecule has 1 saturated heterocycles. The van der Waals surface area contributed by atoms with Crippen LogP contribution in [0.3, 0.4) is 0 Å². The van der Waals surface area contributed by atoms with Gasteiger partial charge in [-0.2, -0.15) is 0 Å². The molecule has 1 aliphatic carbocycles. The van der Waals surface area contributed by atoms with E-state index in [0.29, 0.717) is 12.8 Å². The summed E-state index contributed by atoms with van der Waals surface area (Å²) in [6.07, 6.45) is 4.90. The lowest BCUT2D eigenvalue weighted by atomic mass is 9.77. The second-order valence-electron chi connectivity index (χ2n) is 7.01. The van der Waals surface area contributed by atoms with Crippen molar-refractivity contribution < 1.29 is 14.6 Å². The highest BCUT2D eigenvalue weighted by atomic mass is 16.5. The molecule has 126 valence electrons. The Morgan fingerprint density at radius 3 is 2.57 bits per heavy atom. The molecule has 4 heteroatoms. The Morgan fingerprint density at radius 2 is 1.91 bits per heavy atom. The van der Waals surface area contributed by atoms with Crippen molar-refractivity contribution in [2.24, 2.45) is 5.92 Å². The molecule has 2 atom stereocenters. The lowest BCUT2D eigenvalue weighted by molar-refractivity contribution is -0.134. The molecule has 23 heavy (non-hydrogen) atoms. The molecule has 2 aliphatic rings. The minimum Gasteiger partial charge on any atom is -0.385 e. The first-order valence-electron chi connectivity index (χ1n) is 8.78. The summed E-state index contributed by atoms with van der Waals surface area (Å²) in [6.45, 7) is 2.75. The van der Waals surface area contributed by atoms with E-state index in [2.05, 4.69) is 5.32 Å². The predicted octanol–water partition coefficient (Wildman–Crippen LogP) is 2.75. The van der Waals surface area contributed by atoms with E-state index in [9.17, 15) is 9.90 Å². The van der Waals surface area contributed by atoms with Gasteiger partial charge in [0, 0.05) is 12.6 Å². The number of aliphatic hydroxyl groups is 1. The maximum absolute atomic E-state index is 12.5. The molecule has 0 aromatic heterocycles. The van der Waals surface area contributed by atoms with Gasteiger partial charge >= 0.3 is 0 Å². The van der Waals surface area contributed by atoms with Crippen molar-refractivity contribution in [3.8, 4) is 0 Å². The molecular formula is C19H27NO3. The van der Waals surface area contributed by atoms with Crippen molar-refractivity contribution >= 4 is 5.91 Å². The van der Waals surface area contributed by atoms with Crippen LogP contribution in [0.4, 0.5) is 0 Å². The predicted molar refractivity (Wildman–Crippen MR) is 88.9 cm³/mol. The smallest absolute Gasteiger partial charge is 0.225 e. The van der Waals surface area contributed by atoms with Gasteiger partial charge < -0.3 is 15.2 Å². The number of hydrogen-bond donors (Lipinski definition) is 2. The SMILES string of the molecule is CC1OCCCC1C(=O)NC1CCC(O)(c2ccccc2)CC1. The number of nitrogens with one attached hydrogen (secondary N) is 1. The molecule has 4 nitrogen and oxygen atoms in total. The molecule has 1 heterocycles. The third kappa shape index (κ3) is 3.75. The van der Waals surface area contributed by atoms with Gasteiger partial charge in [-0.15, -0.1) is 0 Å². The fraction of sp³-hybridized carbons (Fsp3) is 0.632. The Bertz CT molecular complexity index is 523. The molecule has 2 fully saturated rings. The fourth-order valence-electron chi connectivity index (χ4n) is 3.85. The molecule has 3 rings (SSSR count). The molecule has 1 aromatic rings. The zero-order chi connectivity index (χ0) is 16.3. The van der Waals surface area contributed by atoms with Gasteiger partial charge in [0.2, 0.25) is 5.91 Å². The number of rotatable bonds is 3. The average Bonchev–Trinajstić information content (AvgIpc) is 2.58. The van der Waals surface area contributed by atoms with Crippen LogP contribution in [0, 0.1) is 5.92 Å². The van der Waals surface area contributed by atoms with E-state index in [0.717, 1.165) is 37.9 Å². The van der Waals surface area contributed by atoms with Gasteiger partial charge in [0.05, 0.1) is 17.6 Å². The molecular weight excluding hydrogens is 290 g/mol. The van der Waals surface area contributed by atoms with Crippen LogP contribution in [0.5, 0.6) is 0 Å². The Hall–Kier alpha value is -1.39. The summed E-state index contributed by atoms with van der Waals surface area (Å²) < 4.78 is 5.59. The Labute approximate surface area is 138 Å². The molecule has 0 spiro atoms.